The molecule has 0 saturated carbocycles. The Morgan fingerprint density at radius 3 is 2.81 bits per heavy atom. The van der Waals surface area contributed by atoms with Gasteiger partial charge in [0.15, 0.2) is 0 Å². The third kappa shape index (κ3) is 8.42. The quantitative estimate of drug-likeness (QED) is 0.608. The minimum absolute atomic E-state index is 0.155. The number of rotatable bonds is 11. The van der Waals surface area contributed by atoms with Crippen LogP contribution in [0.15, 0.2) is 24.3 Å². The third-order valence-electron chi connectivity index (χ3n) is 3.46. The van der Waals surface area contributed by atoms with Gasteiger partial charge < -0.3 is 15.2 Å². The smallest absolute Gasteiger partial charge is 0.0897 e. The summed E-state index contributed by atoms with van der Waals surface area (Å²) in [5, 5.41) is 13.9. The molecule has 0 fully saturated rings. The first kappa shape index (κ1) is 18.4. The molecule has 1 aromatic carbocycles. The van der Waals surface area contributed by atoms with Gasteiger partial charge in [-0.25, -0.2) is 0 Å². The predicted octanol–water partition coefficient (Wildman–Crippen LogP) is 3.95. The van der Waals surface area contributed by atoms with E-state index < -0.39 is 6.10 Å². The van der Waals surface area contributed by atoms with Crippen LogP contribution in [0.25, 0.3) is 0 Å². The Kier molecular flexibility index (Phi) is 9.68. The van der Waals surface area contributed by atoms with Crippen LogP contribution in [-0.4, -0.2) is 31.0 Å². The summed E-state index contributed by atoms with van der Waals surface area (Å²) in [5.41, 5.74) is 1.12. The van der Waals surface area contributed by atoms with Crippen molar-refractivity contribution >= 4 is 11.6 Å². The fourth-order valence-electron chi connectivity index (χ4n) is 2.12. The number of hydrogen-bond donors (Lipinski definition) is 2. The largest absolute Gasteiger partial charge is 0.389 e. The first-order chi connectivity index (χ1) is 10.1. The van der Waals surface area contributed by atoms with Gasteiger partial charge in [-0.15, -0.1) is 0 Å². The van der Waals surface area contributed by atoms with E-state index in [1.54, 1.807) is 0 Å². The standard InChI is InChI=1S/C17H28ClNO2/c1-3-4-5-6-10-21-13-17(20)12-19-14(2)15-8-7-9-16(18)11-15/h7-9,11,14,17,19-20H,3-6,10,12-13H2,1-2H3/t14-,17?/m0/s1. The summed E-state index contributed by atoms with van der Waals surface area (Å²) in [7, 11) is 0. The maximum Gasteiger partial charge on any atom is 0.0897 e. The molecule has 3 nitrogen and oxygen atoms in total. The summed E-state index contributed by atoms with van der Waals surface area (Å²) in [6.07, 6.45) is 4.29. The van der Waals surface area contributed by atoms with Gasteiger partial charge in [-0.2, -0.15) is 0 Å². The Morgan fingerprint density at radius 1 is 1.29 bits per heavy atom. The predicted molar refractivity (Wildman–Crippen MR) is 88.8 cm³/mol. The molecule has 120 valence electrons. The number of unbranched alkanes of at least 4 members (excludes halogenated alkanes) is 3. The van der Waals surface area contributed by atoms with Crippen molar-refractivity contribution in [3.05, 3.63) is 34.9 Å². The van der Waals surface area contributed by atoms with Gasteiger partial charge in [-0.3, -0.25) is 0 Å². The van der Waals surface area contributed by atoms with Gasteiger partial charge >= 0.3 is 0 Å². The van der Waals surface area contributed by atoms with Crippen LogP contribution in [0.3, 0.4) is 0 Å². The molecule has 0 aliphatic rings. The van der Waals surface area contributed by atoms with E-state index in [9.17, 15) is 5.11 Å². The van der Waals surface area contributed by atoms with Gasteiger partial charge in [0, 0.05) is 24.2 Å². The van der Waals surface area contributed by atoms with Gasteiger partial charge in [-0.1, -0.05) is 49.9 Å². The summed E-state index contributed by atoms with van der Waals surface area (Å²) in [6, 6.07) is 7.92. The highest BCUT2D eigenvalue weighted by atomic mass is 35.5. The summed E-state index contributed by atoms with van der Waals surface area (Å²) >= 11 is 5.98. The number of nitrogens with one attached hydrogen (secondary N) is 1. The van der Waals surface area contributed by atoms with Gasteiger partial charge in [-0.05, 0) is 31.0 Å². The lowest BCUT2D eigenvalue weighted by atomic mass is 10.1. The second kappa shape index (κ2) is 11.0. The molecule has 0 spiro atoms. The molecular formula is C17H28ClNO2. The molecule has 0 aliphatic carbocycles. The molecule has 0 saturated heterocycles. The van der Waals surface area contributed by atoms with Crippen molar-refractivity contribution in [1.82, 2.24) is 5.32 Å². The van der Waals surface area contributed by atoms with Crippen LogP contribution >= 0.6 is 11.6 Å². The number of halogens is 1. The van der Waals surface area contributed by atoms with Crippen LogP contribution in [0, 0.1) is 0 Å². The minimum atomic E-state index is -0.474. The summed E-state index contributed by atoms with van der Waals surface area (Å²) in [5.74, 6) is 0. The number of ether oxygens (including phenoxy) is 1. The fraction of sp³-hybridized carbons (Fsp3) is 0.647. The molecule has 0 aromatic heterocycles. The lowest BCUT2D eigenvalue weighted by molar-refractivity contribution is 0.0343. The first-order valence-electron chi connectivity index (χ1n) is 7.88. The fourth-order valence-corrected chi connectivity index (χ4v) is 2.31. The summed E-state index contributed by atoms with van der Waals surface area (Å²) in [4.78, 5) is 0. The van der Waals surface area contributed by atoms with Crippen LogP contribution < -0.4 is 5.32 Å². The van der Waals surface area contributed by atoms with E-state index in [1.807, 2.05) is 24.3 Å². The van der Waals surface area contributed by atoms with Crippen LogP contribution in [0.4, 0.5) is 0 Å². The van der Waals surface area contributed by atoms with E-state index in [-0.39, 0.29) is 6.04 Å². The van der Waals surface area contributed by atoms with Crippen LogP contribution in [0.2, 0.25) is 5.02 Å². The molecule has 0 radical (unpaired) electrons. The zero-order chi connectivity index (χ0) is 15.5. The van der Waals surface area contributed by atoms with Gasteiger partial charge in [0.2, 0.25) is 0 Å². The highest BCUT2D eigenvalue weighted by molar-refractivity contribution is 6.30. The number of benzene rings is 1. The molecular weight excluding hydrogens is 286 g/mol. The normalized spacial score (nSPS) is 14.1. The average Bonchev–Trinajstić information content (AvgIpc) is 2.48. The second-order valence-electron chi connectivity index (χ2n) is 5.47. The SMILES string of the molecule is CCCCCCOCC(O)CN[C@@H](C)c1cccc(Cl)c1. The second-order valence-corrected chi connectivity index (χ2v) is 5.91. The third-order valence-corrected chi connectivity index (χ3v) is 3.70. The van der Waals surface area contributed by atoms with Crippen molar-refractivity contribution in [2.45, 2.75) is 51.7 Å². The molecule has 21 heavy (non-hydrogen) atoms. The van der Waals surface area contributed by atoms with Crippen molar-refractivity contribution in [1.29, 1.82) is 0 Å². The lowest BCUT2D eigenvalue weighted by Gasteiger charge is -2.18. The molecule has 2 N–H and O–H groups in total. The van der Waals surface area contributed by atoms with Crippen molar-refractivity contribution in [2.75, 3.05) is 19.8 Å². The first-order valence-corrected chi connectivity index (χ1v) is 8.26. The monoisotopic (exact) mass is 313 g/mol. The molecule has 4 heteroatoms. The van der Waals surface area contributed by atoms with Crippen molar-refractivity contribution in [3.8, 4) is 0 Å². The van der Waals surface area contributed by atoms with Crippen LogP contribution in [0.5, 0.6) is 0 Å². The Hall–Kier alpha value is -0.610. The number of aliphatic hydroxyl groups excluding tert-OH is 1. The van der Waals surface area contributed by atoms with Gasteiger partial charge in [0.05, 0.1) is 12.7 Å². The number of aliphatic hydroxyl groups is 1. The zero-order valence-electron chi connectivity index (χ0n) is 13.1. The molecule has 0 amide bonds. The summed E-state index contributed by atoms with van der Waals surface area (Å²) < 4.78 is 5.49. The van der Waals surface area contributed by atoms with Crippen LogP contribution in [-0.2, 0) is 4.74 Å². The molecule has 0 heterocycles. The molecule has 1 unspecified atom stereocenters. The lowest BCUT2D eigenvalue weighted by Crippen LogP contribution is -2.32. The Labute approximate surface area is 133 Å². The zero-order valence-corrected chi connectivity index (χ0v) is 13.9. The highest BCUT2D eigenvalue weighted by Gasteiger charge is 2.09. The van der Waals surface area contributed by atoms with Gasteiger partial charge in [0.1, 0.15) is 0 Å². The van der Waals surface area contributed by atoms with E-state index in [1.165, 1.54) is 19.3 Å². The van der Waals surface area contributed by atoms with E-state index >= 15 is 0 Å². The molecule has 0 aliphatic heterocycles. The highest BCUT2D eigenvalue weighted by Crippen LogP contribution is 2.17. The maximum absolute atomic E-state index is 9.89. The van der Waals surface area contributed by atoms with Gasteiger partial charge in [0.25, 0.3) is 0 Å². The van der Waals surface area contributed by atoms with E-state index in [2.05, 4.69) is 19.2 Å². The summed E-state index contributed by atoms with van der Waals surface area (Å²) in [6.45, 7) is 5.90. The Balaban J connectivity index is 2.13. The molecule has 1 aromatic rings. The topological polar surface area (TPSA) is 41.5 Å². The van der Waals surface area contributed by atoms with Crippen LogP contribution in [0.1, 0.15) is 51.1 Å². The molecule has 1 rings (SSSR count). The van der Waals surface area contributed by atoms with Crippen molar-refractivity contribution in [2.24, 2.45) is 0 Å². The Morgan fingerprint density at radius 2 is 2.10 bits per heavy atom. The number of hydrogen-bond acceptors (Lipinski definition) is 3. The average molecular weight is 314 g/mol. The minimum Gasteiger partial charge on any atom is -0.389 e. The van der Waals surface area contributed by atoms with E-state index in [0.29, 0.717) is 13.2 Å². The Bertz CT molecular complexity index is 387. The van der Waals surface area contributed by atoms with Crippen molar-refractivity contribution in [3.63, 3.8) is 0 Å². The van der Waals surface area contributed by atoms with E-state index in [4.69, 9.17) is 16.3 Å². The molecule has 2 atom stereocenters. The van der Waals surface area contributed by atoms with Crippen molar-refractivity contribution < 1.29 is 9.84 Å². The van der Waals surface area contributed by atoms with E-state index in [0.717, 1.165) is 23.6 Å². The maximum atomic E-state index is 9.89. The molecule has 0 bridgehead atoms.